The lowest BCUT2D eigenvalue weighted by Gasteiger charge is -2.37. The summed E-state index contributed by atoms with van der Waals surface area (Å²) in [7, 11) is 0. The first-order chi connectivity index (χ1) is 27.2. The minimum atomic E-state index is -0.815. The van der Waals surface area contributed by atoms with Gasteiger partial charge in [-0.2, -0.15) is 0 Å². The zero-order valence-electron chi connectivity index (χ0n) is 38.8. The molecule has 0 heterocycles. The van der Waals surface area contributed by atoms with Crippen LogP contribution >= 0.6 is 23.5 Å². The van der Waals surface area contributed by atoms with Crippen LogP contribution in [0.2, 0.25) is 0 Å². The molecule has 0 saturated carbocycles. The SMILES string of the molecule is CSc1ccc(OCC(O)COc2c(C(C)(C)C)cc(C(C)(C)c3cc(C(C)(C)C)c(OCC(O)COc4ccc(SC)cc4)c(C(C)(C)C)c3)cc2C(C)(C)C)cc1. The predicted molar refractivity (Wildman–Crippen MR) is 250 cm³/mol. The van der Waals surface area contributed by atoms with Crippen LogP contribution in [-0.2, 0) is 27.1 Å². The molecule has 0 fully saturated rings. The highest BCUT2D eigenvalue weighted by atomic mass is 32.2. The van der Waals surface area contributed by atoms with Gasteiger partial charge in [0.2, 0.25) is 0 Å². The number of ether oxygens (including phenoxy) is 4. The normalized spacial score (nSPS) is 13.9. The Morgan fingerprint density at radius 2 is 0.678 bits per heavy atom. The molecule has 8 heteroatoms. The highest BCUT2D eigenvalue weighted by molar-refractivity contribution is 7.98. The van der Waals surface area contributed by atoms with Gasteiger partial charge < -0.3 is 29.2 Å². The lowest BCUT2D eigenvalue weighted by molar-refractivity contribution is 0.0612. The minimum absolute atomic E-state index is 0.106. The van der Waals surface area contributed by atoms with Crippen LogP contribution in [0.5, 0.6) is 23.0 Å². The molecule has 2 atom stereocenters. The molecule has 0 aliphatic heterocycles. The second kappa shape index (κ2) is 19.2. The Morgan fingerprint density at radius 1 is 0.424 bits per heavy atom. The van der Waals surface area contributed by atoms with Gasteiger partial charge >= 0.3 is 0 Å². The van der Waals surface area contributed by atoms with E-state index in [2.05, 4.69) is 121 Å². The van der Waals surface area contributed by atoms with Crippen molar-refractivity contribution in [2.75, 3.05) is 38.9 Å². The highest BCUT2D eigenvalue weighted by Crippen LogP contribution is 2.48. The Balaban J connectivity index is 1.71. The zero-order chi connectivity index (χ0) is 44.1. The molecule has 324 valence electrons. The molecule has 0 aliphatic rings. The first-order valence-electron chi connectivity index (χ1n) is 20.8. The third-order valence-corrected chi connectivity index (χ3v) is 12.2. The summed E-state index contributed by atoms with van der Waals surface area (Å²) in [4.78, 5) is 2.32. The van der Waals surface area contributed by atoms with Gasteiger partial charge in [0.05, 0.1) is 0 Å². The zero-order valence-corrected chi connectivity index (χ0v) is 40.4. The number of benzene rings is 4. The molecule has 0 aliphatic carbocycles. The third kappa shape index (κ3) is 12.9. The van der Waals surface area contributed by atoms with Gasteiger partial charge in [0.25, 0.3) is 0 Å². The first kappa shape index (κ1) is 48.4. The van der Waals surface area contributed by atoms with E-state index in [0.29, 0.717) is 0 Å². The average molecular weight is 845 g/mol. The van der Waals surface area contributed by atoms with Gasteiger partial charge in [-0.05, 0) is 93.8 Å². The van der Waals surface area contributed by atoms with Gasteiger partial charge in [0.1, 0.15) is 61.6 Å². The van der Waals surface area contributed by atoms with E-state index in [9.17, 15) is 10.2 Å². The van der Waals surface area contributed by atoms with E-state index in [1.807, 2.05) is 61.0 Å². The summed E-state index contributed by atoms with van der Waals surface area (Å²) in [5.41, 5.74) is 5.31. The van der Waals surface area contributed by atoms with Crippen LogP contribution in [0.4, 0.5) is 0 Å². The molecule has 6 nitrogen and oxygen atoms in total. The smallest absolute Gasteiger partial charge is 0.126 e. The second-order valence-electron chi connectivity index (χ2n) is 20.3. The van der Waals surface area contributed by atoms with Gasteiger partial charge in [-0.25, -0.2) is 0 Å². The quantitative estimate of drug-likeness (QED) is 0.108. The fourth-order valence-corrected chi connectivity index (χ4v) is 7.69. The van der Waals surface area contributed by atoms with Crippen molar-refractivity contribution in [3.05, 3.63) is 106 Å². The lowest BCUT2D eigenvalue weighted by atomic mass is 9.69. The van der Waals surface area contributed by atoms with E-state index in [1.165, 1.54) is 11.1 Å². The minimum Gasteiger partial charge on any atom is -0.491 e. The van der Waals surface area contributed by atoms with Crippen molar-refractivity contribution in [1.29, 1.82) is 0 Å². The number of rotatable bonds is 16. The van der Waals surface area contributed by atoms with Crippen molar-refractivity contribution in [2.24, 2.45) is 0 Å². The largest absolute Gasteiger partial charge is 0.491 e. The average Bonchev–Trinajstić information content (AvgIpc) is 3.15. The van der Waals surface area contributed by atoms with Crippen molar-refractivity contribution in [2.45, 2.75) is 146 Å². The maximum Gasteiger partial charge on any atom is 0.126 e. The van der Waals surface area contributed by atoms with E-state index in [1.54, 1.807) is 23.5 Å². The summed E-state index contributed by atoms with van der Waals surface area (Å²) in [6.07, 6.45) is 2.46. The Morgan fingerprint density at radius 3 is 0.915 bits per heavy atom. The summed E-state index contributed by atoms with van der Waals surface area (Å²) >= 11 is 3.36. The monoisotopic (exact) mass is 844 g/mol. The number of hydrogen-bond donors (Lipinski definition) is 2. The maximum absolute atomic E-state index is 11.1. The van der Waals surface area contributed by atoms with Gasteiger partial charge in [0, 0.05) is 37.5 Å². The number of aliphatic hydroxyl groups is 2. The predicted octanol–water partition coefficient (Wildman–Crippen LogP) is 12.3. The van der Waals surface area contributed by atoms with Crippen LogP contribution in [0.1, 0.15) is 130 Å². The Bertz CT molecular complexity index is 1760. The van der Waals surface area contributed by atoms with Crippen molar-refractivity contribution in [3.8, 4) is 23.0 Å². The fraction of sp³-hybridized carbons (Fsp3) is 0.529. The van der Waals surface area contributed by atoms with Crippen LogP contribution < -0.4 is 18.9 Å². The lowest BCUT2D eigenvalue weighted by Crippen LogP contribution is -2.30. The van der Waals surface area contributed by atoms with Crippen molar-refractivity contribution >= 4 is 23.5 Å². The molecule has 4 rings (SSSR count). The maximum atomic E-state index is 11.1. The summed E-state index contributed by atoms with van der Waals surface area (Å²) in [5, 5.41) is 22.1. The molecule has 0 spiro atoms. The standard InChI is InChI=1S/C51H72O6S2/c1-47(2,3)41-25-33(26-42(48(4,5)6)45(41)56-31-35(52)29-54-37-17-21-39(58-15)22-18-37)51(13,14)34-27-43(49(7,8)9)46(44(28-34)50(10,11)12)57-32-36(53)30-55-38-19-23-40(59-16)24-20-38/h17-28,35-36,52-53H,29-32H2,1-16H3. The van der Waals surface area contributed by atoms with Crippen LogP contribution in [-0.4, -0.2) is 61.4 Å². The molecule has 4 aromatic rings. The van der Waals surface area contributed by atoms with E-state index < -0.39 is 17.6 Å². The van der Waals surface area contributed by atoms with Crippen LogP contribution in [0.15, 0.2) is 82.6 Å². The molecule has 59 heavy (non-hydrogen) atoms. The molecule has 0 bridgehead atoms. The molecule has 4 aromatic carbocycles. The van der Waals surface area contributed by atoms with Crippen molar-refractivity contribution in [1.82, 2.24) is 0 Å². The number of hydrogen-bond acceptors (Lipinski definition) is 8. The highest BCUT2D eigenvalue weighted by Gasteiger charge is 2.36. The third-order valence-electron chi connectivity index (χ3n) is 10.7. The van der Waals surface area contributed by atoms with Gasteiger partial charge in [-0.15, -0.1) is 23.5 Å². The van der Waals surface area contributed by atoms with Gasteiger partial charge in [0.15, 0.2) is 0 Å². The topological polar surface area (TPSA) is 77.4 Å². The van der Waals surface area contributed by atoms with Gasteiger partial charge in [-0.3, -0.25) is 0 Å². The first-order valence-corrected chi connectivity index (χ1v) is 23.2. The Hall–Kier alpha value is -3.30. The molecule has 0 saturated heterocycles. The Labute approximate surface area is 365 Å². The number of thioether (sulfide) groups is 2. The fourth-order valence-electron chi connectivity index (χ4n) is 6.87. The molecule has 2 N–H and O–H groups in total. The van der Waals surface area contributed by atoms with E-state index in [-0.39, 0.29) is 48.1 Å². The summed E-state index contributed by atoms with van der Waals surface area (Å²) in [6.45, 7) is 31.7. The number of aliphatic hydroxyl groups excluding tert-OH is 2. The van der Waals surface area contributed by atoms with E-state index >= 15 is 0 Å². The molecule has 2 unspecified atom stereocenters. The van der Waals surface area contributed by atoms with Crippen LogP contribution in [0.25, 0.3) is 0 Å². The Kier molecular flexibility index (Phi) is 15.7. The van der Waals surface area contributed by atoms with E-state index in [4.69, 9.17) is 18.9 Å². The summed E-state index contributed by atoms with van der Waals surface area (Å²) in [5.74, 6) is 3.08. The second-order valence-corrected chi connectivity index (χ2v) is 22.1. The summed E-state index contributed by atoms with van der Waals surface area (Å²) < 4.78 is 25.2. The molecule has 0 radical (unpaired) electrons. The molecule has 0 aromatic heterocycles. The van der Waals surface area contributed by atoms with Crippen LogP contribution in [0.3, 0.4) is 0 Å². The van der Waals surface area contributed by atoms with Crippen molar-refractivity contribution in [3.63, 3.8) is 0 Å². The van der Waals surface area contributed by atoms with Gasteiger partial charge in [-0.1, -0.05) is 121 Å². The molecular weight excluding hydrogens is 773 g/mol. The van der Waals surface area contributed by atoms with Crippen molar-refractivity contribution < 1.29 is 29.2 Å². The molecular formula is C51H72O6S2. The summed E-state index contributed by atoms with van der Waals surface area (Å²) in [6, 6.07) is 25.0. The van der Waals surface area contributed by atoms with E-state index in [0.717, 1.165) is 55.0 Å². The van der Waals surface area contributed by atoms with Crippen LogP contribution in [0, 0.1) is 0 Å². The molecule has 0 amide bonds.